The highest BCUT2D eigenvalue weighted by Crippen LogP contribution is 2.42. The largest absolute Gasteiger partial charge is 0.394 e. The summed E-state index contributed by atoms with van der Waals surface area (Å²) in [4.78, 5) is 1.33. The molecule has 0 aromatic heterocycles. The van der Waals surface area contributed by atoms with E-state index in [1.54, 1.807) is 0 Å². The Morgan fingerprint density at radius 2 is 2.05 bits per heavy atom. The fourth-order valence-electron chi connectivity index (χ4n) is 2.88. The van der Waals surface area contributed by atoms with Gasteiger partial charge in [0.25, 0.3) is 0 Å². The number of rotatable bonds is 7. The normalized spacial score (nSPS) is 18.3. The second-order valence-electron chi connectivity index (χ2n) is 6.45. The molecule has 0 amide bonds. The third-order valence-electron chi connectivity index (χ3n) is 4.03. The molecule has 0 radical (unpaired) electrons. The second-order valence-corrected chi connectivity index (χ2v) is 7.46. The minimum absolute atomic E-state index is 0.115. The molecule has 2 rings (SSSR count). The minimum Gasteiger partial charge on any atom is -0.394 e. The van der Waals surface area contributed by atoms with Crippen LogP contribution in [0.2, 0.25) is 0 Å². The van der Waals surface area contributed by atoms with E-state index >= 15 is 0 Å². The molecular weight excluding hydrogens is 266 g/mol. The predicted octanol–water partition coefficient (Wildman–Crippen LogP) is 3.53. The maximum atomic E-state index is 9.95. The molecule has 1 aromatic carbocycles. The number of benzene rings is 1. The summed E-state index contributed by atoms with van der Waals surface area (Å²) < 4.78 is 0. The van der Waals surface area contributed by atoms with Gasteiger partial charge >= 0.3 is 0 Å². The van der Waals surface area contributed by atoms with Crippen molar-refractivity contribution in [3.05, 3.63) is 29.3 Å². The van der Waals surface area contributed by atoms with E-state index in [0.717, 1.165) is 5.75 Å². The molecule has 3 heteroatoms. The van der Waals surface area contributed by atoms with E-state index in [1.165, 1.54) is 28.9 Å². The van der Waals surface area contributed by atoms with Crippen LogP contribution in [-0.2, 0) is 0 Å². The average Bonchev–Trinajstić information content (AvgIpc) is 3.20. The molecule has 0 heterocycles. The predicted molar refractivity (Wildman–Crippen MR) is 87.5 cm³/mol. The Bertz CT molecular complexity index is 456. The molecule has 1 atom stereocenters. The van der Waals surface area contributed by atoms with E-state index < -0.39 is 0 Å². The maximum absolute atomic E-state index is 9.95. The van der Waals surface area contributed by atoms with E-state index in [2.05, 4.69) is 51.2 Å². The number of nitrogens with one attached hydrogen (secondary N) is 1. The van der Waals surface area contributed by atoms with Crippen LogP contribution in [0.1, 0.15) is 37.8 Å². The Labute approximate surface area is 127 Å². The van der Waals surface area contributed by atoms with Crippen molar-refractivity contribution in [3.63, 3.8) is 0 Å². The lowest BCUT2D eigenvalue weighted by Crippen LogP contribution is -2.55. The first kappa shape index (κ1) is 15.9. The monoisotopic (exact) mass is 293 g/mol. The van der Waals surface area contributed by atoms with Crippen molar-refractivity contribution in [2.75, 3.05) is 12.4 Å². The average molecular weight is 293 g/mol. The number of hydrogen-bond acceptors (Lipinski definition) is 3. The van der Waals surface area contributed by atoms with Crippen LogP contribution in [0.25, 0.3) is 0 Å². The van der Waals surface area contributed by atoms with Gasteiger partial charge in [0, 0.05) is 16.7 Å². The molecule has 2 nitrogen and oxygen atoms in total. The standard InChI is InChI=1S/C17H27NOS/c1-12(2)18-17(10-19,15-6-7-15)11-20-16-8-5-13(3)9-14(16)4/h5,8-9,12,15,18-19H,6-7,10-11H2,1-4H3. The molecule has 112 valence electrons. The van der Waals surface area contributed by atoms with Crippen molar-refractivity contribution < 1.29 is 5.11 Å². The van der Waals surface area contributed by atoms with E-state index in [0.29, 0.717) is 12.0 Å². The fourth-order valence-corrected chi connectivity index (χ4v) is 4.15. The summed E-state index contributed by atoms with van der Waals surface area (Å²) in [5, 5.41) is 13.6. The highest BCUT2D eigenvalue weighted by Gasteiger charge is 2.44. The van der Waals surface area contributed by atoms with Crippen LogP contribution in [0, 0.1) is 19.8 Å². The van der Waals surface area contributed by atoms with Gasteiger partial charge in [0.05, 0.1) is 12.1 Å². The molecule has 0 aliphatic heterocycles. The van der Waals surface area contributed by atoms with Crippen molar-refractivity contribution in [2.24, 2.45) is 5.92 Å². The van der Waals surface area contributed by atoms with Gasteiger partial charge < -0.3 is 10.4 Å². The number of hydrogen-bond donors (Lipinski definition) is 2. The summed E-state index contributed by atoms with van der Waals surface area (Å²) in [6, 6.07) is 7.01. The third-order valence-corrected chi connectivity index (χ3v) is 5.46. The molecular formula is C17H27NOS. The summed E-state index contributed by atoms with van der Waals surface area (Å²) in [7, 11) is 0. The van der Waals surface area contributed by atoms with E-state index in [4.69, 9.17) is 0 Å². The van der Waals surface area contributed by atoms with Gasteiger partial charge in [0.15, 0.2) is 0 Å². The molecule has 1 unspecified atom stereocenters. The highest BCUT2D eigenvalue weighted by atomic mass is 32.2. The van der Waals surface area contributed by atoms with Gasteiger partial charge in [-0.3, -0.25) is 0 Å². The number of aliphatic hydroxyl groups excluding tert-OH is 1. The lowest BCUT2D eigenvalue weighted by atomic mass is 9.95. The summed E-state index contributed by atoms with van der Waals surface area (Å²) in [6.45, 7) is 8.85. The van der Waals surface area contributed by atoms with Crippen LogP contribution < -0.4 is 5.32 Å². The molecule has 1 aromatic rings. The molecule has 20 heavy (non-hydrogen) atoms. The Kier molecular flexibility index (Phi) is 5.16. The minimum atomic E-state index is -0.115. The molecule has 0 bridgehead atoms. The Morgan fingerprint density at radius 1 is 1.35 bits per heavy atom. The van der Waals surface area contributed by atoms with Gasteiger partial charge in [0.1, 0.15) is 0 Å². The van der Waals surface area contributed by atoms with Crippen LogP contribution >= 0.6 is 11.8 Å². The maximum Gasteiger partial charge on any atom is 0.0624 e. The zero-order chi connectivity index (χ0) is 14.8. The van der Waals surface area contributed by atoms with Gasteiger partial charge in [-0.25, -0.2) is 0 Å². The molecule has 1 saturated carbocycles. The van der Waals surface area contributed by atoms with Crippen LogP contribution in [-0.4, -0.2) is 29.0 Å². The molecule has 1 aliphatic carbocycles. The molecule has 1 aliphatic rings. The molecule has 1 fully saturated rings. The van der Waals surface area contributed by atoms with Crippen molar-refractivity contribution in [1.29, 1.82) is 0 Å². The number of thioether (sulfide) groups is 1. The van der Waals surface area contributed by atoms with Crippen LogP contribution in [0.5, 0.6) is 0 Å². The lowest BCUT2D eigenvalue weighted by molar-refractivity contribution is 0.150. The smallest absolute Gasteiger partial charge is 0.0624 e. The number of aryl methyl sites for hydroxylation is 2. The molecule has 0 spiro atoms. The van der Waals surface area contributed by atoms with Gasteiger partial charge in [0.2, 0.25) is 0 Å². The first-order valence-electron chi connectivity index (χ1n) is 7.55. The fraction of sp³-hybridized carbons (Fsp3) is 0.647. The first-order chi connectivity index (χ1) is 9.47. The zero-order valence-electron chi connectivity index (χ0n) is 13.1. The van der Waals surface area contributed by atoms with Crippen molar-refractivity contribution in [2.45, 2.75) is 57.0 Å². The SMILES string of the molecule is Cc1ccc(SCC(CO)(NC(C)C)C2CC2)c(C)c1. The van der Waals surface area contributed by atoms with Gasteiger partial charge in [-0.1, -0.05) is 31.5 Å². The van der Waals surface area contributed by atoms with Crippen LogP contribution in [0.3, 0.4) is 0 Å². The first-order valence-corrected chi connectivity index (χ1v) is 8.54. The van der Waals surface area contributed by atoms with E-state index in [-0.39, 0.29) is 12.1 Å². The van der Waals surface area contributed by atoms with Gasteiger partial charge in [-0.15, -0.1) is 11.8 Å². The summed E-state index contributed by atoms with van der Waals surface area (Å²) in [5.41, 5.74) is 2.53. The van der Waals surface area contributed by atoms with Crippen molar-refractivity contribution in [3.8, 4) is 0 Å². The zero-order valence-corrected chi connectivity index (χ0v) is 13.9. The Morgan fingerprint density at radius 3 is 2.55 bits per heavy atom. The quantitative estimate of drug-likeness (QED) is 0.754. The van der Waals surface area contributed by atoms with E-state index in [1.807, 2.05) is 11.8 Å². The summed E-state index contributed by atoms with van der Waals surface area (Å²) in [5.74, 6) is 1.57. The molecule has 2 N–H and O–H groups in total. The van der Waals surface area contributed by atoms with Crippen LogP contribution in [0.4, 0.5) is 0 Å². The lowest BCUT2D eigenvalue weighted by Gasteiger charge is -2.35. The van der Waals surface area contributed by atoms with E-state index in [9.17, 15) is 5.11 Å². The van der Waals surface area contributed by atoms with Gasteiger partial charge in [-0.05, 0) is 44.2 Å². The third kappa shape index (κ3) is 3.78. The Hall–Kier alpha value is -0.510. The topological polar surface area (TPSA) is 32.3 Å². The number of aliphatic hydroxyl groups is 1. The highest BCUT2D eigenvalue weighted by molar-refractivity contribution is 7.99. The summed E-state index contributed by atoms with van der Waals surface area (Å²) >= 11 is 1.88. The van der Waals surface area contributed by atoms with Crippen LogP contribution in [0.15, 0.2) is 23.1 Å². The summed E-state index contributed by atoms with van der Waals surface area (Å²) in [6.07, 6.45) is 2.49. The van der Waals surface area contributed by atoms with Gasteiger partial charge in [-0.2, -0.15) is 0 Å². The molecule has 0 saturated heterocycles. The second kappa shape index (κ2) is 6.50. The van der Waals surface area contributed by atoms with Crippen molar-refractivity contribution in [1.82, 2.24) is 5.32 Å². The van der Waals surface area contributed by atoms with Crippen molar-refractivity contribution >= 4 is 11.8 Å². The Balaban J connectivity index is 2.08.